The number of ketones is 1. The molecular formula is C25H28O5. The van der Waals surface area contributed by atoms with Crippen LogP contribution < -0.4 is 14.2 Å². The number of aryl methyl sites for hydroxylation is 1. The van der Waals surface area contributed by atoms with Crippen LogP contribution in [0.4, 0.5) is 0 Å². The van der Waals surface area contributed by atoms with Gasteiger partial charge in [-0.1, -0.05) is 43.9 Å². The molecule has 0 N–H and O–H groups in total. The van der Waals surface area contributed by atoms with Crippen LogP contribution >= 0.6 is 0 Å². The molecule has 2 aromatic carbocycles. The zero-order valence-corrected chi connectivity index (χ0v) is 17.7. The van der Waals surface area contributed by atoms with E-state index in [4.69, 9.17) is 14.2 Å². The zero-order chi connectivity index (χ0) is 21.1. The van der Waals surface area contributed by atoms with Gasteiger partial charge in [0.2, 0.25) is 5.75 Å². The fourth-order valence-corrected chi connectivity index (χ4v) is 4.64. The van der Waals surface area contributed by atoms with Gasteiger partial charge in [0.15, 0.2) is 17.3 Å². The fourth-order valence-electron chi connectivity index (χ4n) is 4.64. The van der Waals surface area contributed by atoms with Gasteiger partial charge in [0.05, 0.1) is 14.2 Å². The second kappa shape index (κ2) is 8.90. The number of rotatable bonds is 7. The predicted molar refractivity (Wildman–Crippen MR) is 114 cm³/mol. The second-order valence-corrected chi connectivity index (χ2v) is 8.14. The topological polar surface area (TPSA) is 61.8 Å². The smallest absolute Gasteiger partial charge is 0.311 e. The maximum atomic E-state index is 12.7. The number of hydrogen-bond acceptors (Lipinski definition) is 5. The minimum Gasteiger partial charge on any atom is -0.493 e. The van der Waals surface area contributed by atoms with Crippen LogP contribution in [-0.4, -0.2) is 26.0 Å². The van der Waals surface area contributed by atoms with Crippen LogP contribution in [0.1, 0.15) is 60.9 Å². The summed E-state index contributed by atoms with van der Waals surface area (Å²) in [5.41, 5.74) is 3.46. The highest BCUT2D eigenvalue weighted by Crippen LogP contribution is 2.45. The number of esters is 1. The fraction of sp³-hybridized carbons (Fsp3) is 0.440. The lowest BCUT2D eigenvalue weighted by molar-refractivity contribution is -0.134. The Morgan fingerprint density at radius 2 is 1.73 bits per heavy atom. The first-order chi connectivity index (χ1) is 14.6. The summed E-state index contributed by atoms with van der Waals surface area (Å²) in [6.07, 6.45) is 7.47. The molecule has 30 heavy (non-hydrogen) atoms. The molecular weight excluding hydrogens is 380 g/mol. The lowest BCUT2D eigenvalue weighted by Crippen LogP contribution is -2.11. The number of methoxy groups -OCH3 is 2. The van der Waals surface area contributed by atoms with Gasteiger partial charge in [-0.2, -0.15) is 0 Å². The molecule has 0 unspecified atom stereocenters. The van der Waals surface area contributed by atoms with Crippen LogP contribution in [0.3, 0.4) is 0 Å². The van der Waals surface area contributed by atoms with Crippen LogP contribution in [-0.2, 0) is 11.2 Å². The number of ether oxygens (including phenoxy) is 3. The number of benzene rings is 2. The third-order valence-corrected chi connectivity index (χ3v) is 6.29. The Morgan fingerprint density at radius 1 is 0.967 bits per heavy atom. The molecule has 5 heteroatoms. The van der Waals surface area contributed by atoms with Crippen molar-refractivity contribution in [3.63, 3.8) is 0 Å². The molecule has 0 radical (unpaired) electrons. The molecule has 1 fully saturated rings. The maximum absolute atomic E-state index is 12.7. The molecule has 0 saturated heterocycles. The summed E-state index contributed by atoms with van der Waals surface area (Å²) in [4.78, 5) is 24.7. The van der Waals surface area contributed by atoms with E-state index >= 15 is 0 Å². The van der Waals surface area contributed by atoms with Gasteiger partial charge >= 0.3 is 5.97 Å². The number of hydrogen-bond donors (Lipinski definition) is 0. The van der Waals surface area contributed by atoms with Crippen molar-refractivity contribution in [2.24, 2.45) is 5.92 Å². The van der Waals surface area contributed by atoms with Crippen LogP contribution in [0.25, 0.3) is 11.1 Å². The minimum absolute atomic E-state index is 0.183. The summed E-state index contributed by atoms with van der Waals surface area (Å²) in [5, 5.41) is 0. The van der Waals surface area contributed by atoms with Crippen molar-refractivity contribution in [1.29, 1.82) is 0 Å². The lowest BCUT2D eigenvalue weighted by atomic mass is 9.99. The molecule has 0 atom stereocenters. The third kappa shape index (κ3) is 4.07. The Labute approximate surface area is 177 Å². The normalized spacial score (nSPS) is 15.9. The monoisotopic (exact) mass is 408 g/mol. The first-order valence-electron chi connectivity index (χ1n) is 10.7. The molecule has 2 aliphatic rings. The van der Waals surface area contributed by atoms with Crippen molar-refractivity contribution < 1.29 is 23.8 Å². The van der Waals surface area contributed by atoms with Crippen LogP contribution in [0.5, 0.6) is 17.2 Å². The summed E-state index contributed by atoms with van der Waals surface area (Å²) in [7, 11) is 3.10. The highest BCUT2D eigenvalue weighted by molar-refractivity contribution is 6.01. The Bertz CT molecular complexity index is 956. The standard InChI is InChI=1S/C25H28O5/c1-28-22-13-11-20(18-8-10-19-17(15-18)9-12-21(19)26)24(25(22)29-2)30-23(27)14-7-16-5-3-4-6-16/h8,10-11,13,15-16H,3-7,9,12,14H2,1-2H3. The molecule has 158 valence electrons. The van der Waals surface area contributed by atoms with Gasteiger partial charge in [0, 0.05) is 24.0 Å². The Kier molecular flexibility index (Phi) is 6.07. The van der Waals surface area contributed by atoms with Crippen molar-refractivity contribution >= 4 is 11.8 Å². The Morgan fingerprint density at radius 3 is 2.47 bits per heavy atom. The van der Waals surface area contributed by atoms with Gasteiger partial charge in [-0.15, -0.1) is 0 Å². The van der Waals surface area contributed by atoms with Gasteiger partial charge in [0.1, 0.15) is 0 Å². The third-order valence-electron chi connectivity index (χ3n) is 6.29. The molecule has 0 spiro atoms. The summed E-state index contributed by atoms with van der Waals surface area (Å²) in [6, 6.07) is 9.46. The van der Waals surface area contributed by atoms with E-state index in [2.05, 4.69) is 0 Å². The number of Topliss-reactive ketones (excluding diaryl/α,β-unsaturated/α-hetero) is 1. The SMILES string of the molecule is COc1ccc(-c2ccc3c(c2)CCC3=O)c(OC(=O)CCC2CCCC2)c1OC. The van der Waals surface area contributed by atoms with Gasteiger partial charge in [-0.05, 0) is 42.0 Å². The van der Waals surface area contributed by atoms with Gasteiger partial charge in [-0.25, -0.2) is 0 Å². The zero-order valence-electron chi connectivity index (χ0n) is 17.7. The summed E-state index contributed by atoms with van der Waals surface area (Å²) < 4.78 is 16.8. The number of carbonyl (C=O) groups excluding carboxylic acids is 2. The van der Waals surface area contributed by atoms with Crippen molar-refractivity contribution in [1.82, 2.24) is 0 Å². The average molecular weight is 408 g/mol. The van der Waals surface area contributed by atoms with Crippen molar-refractivity contribution in [2.75, 3.05) is 14.2 Å². The molecule has 5 nitrogen and oxygen atoms in total. The van der Waals surface area contributed by atoms with Gasteiger partial charge in [0.25, 0.3) is 0 Å². The Balaban J connectivity index is 1.65. The van der Waals surface area contributed by atoms with Crippen LogP contribution in [0, 0.1) is 5.92 Å². The molecule has 2 aromatic rings. The maximum Gasteiger partial charge on any atom is 0.311 e. The molecule has 0 heterocycles. The van der Waals surface area contributed by atoms with Crippen molar-refractivity contribution in [3.8, 4) is 28.4 Å². The molecule has 0 aromatic heterocycles. The largest absolute Gasteiger partial charge is 0.493 e. The molecule has 2 aliphatic carbocycles. The molecule has 4 rings (SSSR count). The molecule has 1 saturated carbocycles. The first-order valence-corrected chi connectivity index (χ1v) is 10.7. The van der Waals surface area contributed by atoms with E-state index in [0.29, 0.717) is 36.0 Å². The van der Waals surface area contributed by atoms with E-state index in [9.17, 15) is 9.59 Å². The highest BCUT2D eigenvalue weighted by Gasteiger charge is 2.24. The minimum atomic E-state index is -0.258. The highest BCUT2D eigenvalue weighted by atomic mass is 16.6. The number of fused-ring (bicyclic) bond motifs is 1. The first kappa shape index (κ1) is 20.5. The van der Waals surface area contributed by atoms with E-state index in [1.807, 2.05) is 30.3 Å². The summed E-state index contributed by atoms with van der Waals surface area (Å²) >= 11 is 0. The predicted octanol–water partition coefficient (Wildman–Crippen LogP) is 5.38. The average Bonchev–Trinajstić information content (AvgIpc) is 3.41. The second-order valence-electron chi connectivity index (χ2n) is 8.14. The number of carbonyl (C=O) groups is 2. The molecule has 0 amide bonds. The van der Waals surface area contributed by atoms with E-state index in [-0.39, 0.29) is 11.8 Å². The van der Waals surface area contributed by atoms with E-state index < -0.39 is 0 Å². The quantitative estimate of drug-likeness (QED) is 0.455. The van der Waals surface area contributed by atoms with Crippen molar-refractivity contribution in [3.05, 3.63) is 41.5 Å². The van der Waals surface area contributed by atoms with Gasteiger partial charge < -0.3 is 14.2 Å². The van der Waals surface area contributed by atoms with E-state index in [1.165, 1.54) is 25.7 Å². The van der Waals surface area contributed by atoms with Crippen LogP contribution in [0.15, 0.2) is 30.3 Å². The lowest BCUT2D eigenvalue weighted by Gasteiger charge is -2.17. The van der Waals surface area contributed by atoms with Crippen molar-refractivity contribution in [2.45, 2.75) is 51.4 Å². The summed E-state index contributed by atoms with van der Waals surface area (Å²) in [6.45, 7) is 0. The summed E-state index contributed by atoms with van der Waals surface area (Å²) in [5.74, 6) is 1.83. The van der Waals surface area contributed by atoms with E-state index in [0.717, 1.165) is 35.1 Å². The van der Waals surface area contributed by atoms with Crippen LogP contribution in [0.2, 0.25) is 0 Å². The molecule has 0 bridgehead atoms. The van der Waals surface area contributed by atoms with Gasteiger partial charge in [-0.3, -0.25) is 9.59 Å². The molecule has 0 aliphatic heterocycles. The van der Waals surface area contributed by atoms with E-state index in [1.54, 1.807) is 14.2 Å². The Hall–Kier alpha value is -2.82.